The van der Waals surface area contributed by atoms with Crippen LogP contribution in [0.25, 0.3) is 94.2 Å². The van der Waals surface area contributed by atoms with Crippen molar-refractivity contribution in [2.45, 2.75) is 12.5 Å². The second-order valence-corrected chi connectivity index (χ2v) is 15.3. The van der Waals surface area contributed by atoms with E-state index in [2.05, 4.69) is 220 Å². The maximum absolute atomic E-state index is 2.55. The minimum absolute atomic E-state index is 0.203. The first-order valence-electron chi connectivity index (χ1n) is 19.9. The molecule has 0 N–H and O–H groups in total. The van der Waals surface area contributed by atoms with Crippen molar-refractivity contribution in [3.63, 3.8) is 0 Å². The standard InChI is InChI=1S/C54H37N3/c1-3-15-36(16-4-1)38-31-39(37-17-5-2-6-18-37)33-42(32-38)57-52-26-14-10-22-46(52)48-35-41(28-30-54(48)57)56-51-25-13-9-21-45(51)47-34-40(27-29-53(47)56)55-49-23-11-7-19-43(49)44-20-8-12-24-50(44)55/h1-33,35,40H,34H2. The first-order valence-corrected chi connectivity index (χ1v) is 19.9. The van der Waals surface area contributed by atoms with Crippen LogP contribution >= 0.6 is 0 Å². The Bertz CT molecular complexity index is 3260. The summed E-state index contributed by atoms with van der Waals surface area (Å²) < 4.78 is 7.48. The van der Waals surface area contributed by atoms with E-state index in [-0.39, 0.29) is 6.04 Å². The van der Waals surface area contributed by atoms with Gasteiger partial charge in [0.2, 0.25) is 0 Å². The van der Waals surface area contributed by atoms with Gasteiger partial charge in [-0.05, 0) is 101 Å². The van der Waals surface area contributed by atoms with Crippen LogP contribution < -0.4 is 0 Å². The summed E-state index contributed by atoms with van der Waals surface area (Å²) in [5.41, 5.74) is 16.0. The molecule has 0 aliphatic heterocycles. The van der Waals surface area contributed by atoms with E-state index in [4.69, 9.17) is 0 Å². The first-order chi connectivity index (χ1) is 28.3. The summed E-state index contributed by atoms with van der Waals surface area (Å²) in [6.45, 7) is 0. The number of nitrogens with zero attached hydrogens (tertiary/aromatic N) is 3. The molecule has 0 bridgehead atoms. The summed E-state index contributed by atoms with van der Waals surface area (Å²) in [6, 6.07) is 71.2. The van der Waals surface area contributed by atoms with Gasteiger partial charge < -0.3 is 13.7 Å². The third kappa shape index (κ3) is 4.92. The van der Waals surface area contributed by atoms with Crippen molar-refractivity contribution < 1.29 is 0 Å². The van der Waals surface area contributed by atoms with Gasteiger partial charge >= 0.3 is 0 Å². The molecule has 0 radical (unpaired) electrons. The smallest absolute Gasteiger partial charge is 0.0567 e. The highest BCUT2D eigenvalue weighted by Crippen LogP contribution is 2.42. The van der Waals surface area contributed by atoms with Crippen LogP contribution in [0.1, 0.15) is 17.3 Å². The molecule has 0 saturated heterocycles. The fourth-order valence-corrected chi connectivity index (χ4v) is 9.67. The van der Waals surface area contributed by atoms with Gasteiger partial charge in [0.05, 0.1) is 22.6 Å². The quantitative estimate of drug-likeness (QED) is 0.168. The Morgan fingerprint density at radius 1 is 0.351 bits per heavy atom. The van der Waals surface area contributed by atoms with Crippen LogP contribution in [0.4, 0.5) is 0 Å². The number of hydrogen-bond donors (Lipinski definition) is 0. The molecule has 0 spiro atoms. The summed E-state index contributed by atoms with van der Waals surface area (Å²) >= 11 is 0. The van der Waals surface area contributed by atoms with E-state index in [0.29, 0.717) is 0 Å². The fraction of sp³-hybridized carbons (Fsp3) is 0.0370. The fourth-order valence-electron chi connectivity index (χ4n) is 9.67. The molecule has 3 nitrogen and oxygen atoms in total. The second-order valence-electron chi connectivity index (χ2n) is 15.3. The highest BCUT2D eigenvalue weighted by atomic mass is 15.0. The Balaban J connectivity index is 1.04. The molecule has 12 rings (SSSR count). The van der Waals surface area contributed by atoms with Crippen LogP contribution in [0.5, 0.6) is 0 Å². The Kier molecular flexibility index (Phi) is 7.05. The van der Waals surface area contributed by atoms with Crippen LogP contribution in [0.2, 0.25) is 0 Å². The Labute approximate surface area is 330 Å². The molecular weight excluding hydrogens is 691 g/mol. The zero-order valence-electron chi connectivity index (χ0n) is 31.3. The lowest BCUT2D eigenvalue weighted by Crippen LogP contribution is -2.13. The zero-order valence-corrected chi connectivity index (χ0v) is 31.3. The third-order valence-corrected chi connectivity index (χ3v) is 12.2. The van der Waals surface area contributed by atoms with Crippen molar-refractivity contribution >= 4 is 60.6 Å². The normalized spacial score (nSPS) is 14.0. The van der Waals surface area contributed by atoms with Gasteiger partial charge in [-0.2, -0.15) is 0 Å². The number of rotatable bonds is 5. The molecule has 3 heteroatoms. The lowest BCUT2D eigenvalue weighted by molar-refractivity contribution is 0.636. The SMILES string of the molecule is C1=CC(n2c3ccccc3c3ccccc32)Cc2c1n(-c1ccc3c(c1)c1ccccc1n3-c1cc(-c3ccccc3)cc(-c3ccccc3)c1)c1ccccc21. The van der Waals surface area contributed by atoms with Crippen molar-refractivity contribution in [1.82, 2.24) is 13.7 Å². The predicted molar refractivity (Wildman–Crippen MR) is 240 cm³/mol. The van der Waals surface area contributed by atoms with E-state index in [1.807, 2.05) is 0 Å². The van der Waals surface area contributed by atoms with E-state index >= 15 is 0 Å². The molecule has 1 aliphatic rings. The lowest BCUT2D eigenvalue weighted by Gasteiger charge is -2.22. The molecular formula is C54H37N3. The van der Waals surface area contributed by atoms with Gasteiger partial charge in [0.25, 0.3) is 0 Å². The van der Waals surface area contributed by atoms with Crippen LogP contribution in [0, 0.1) is 0 Å². The molecule has 8 aromatic carbocycles. The Hall–Kier alpha value is -7.36. The van der Waals surface area contributed by atoms with E-state index < -0.39 is 0 Å². The number of para-hydroxylation sites is 4. The van der Waals surface area contributed by atoms with Gasteiger partial charge in [-0.25, -0.2) is 0 Å². The summed E-state index contributed by atoms with van der Waals surface area (Å²) in [5, 5.41) is 6.42. The minimum atomic E-state index is 0.203. The third-order valence-electron chi connectivity index (χ3n) is 12.2. The van der Waals surface area contributed by atoms with E-state index in [9.17, 15) is 0 Å². The molecule has 0 fully saturated rings. The molecule has 0 saturated carbocycles. The summed E-state index contributed by atoms with van der Waals surface area (Å²) in [6.07, 6.45) is 5.72. The van der Waals surface area contributed by atoms with E-state index in [1.54, 1.807) is 0 Å². The van der Waals surface area contributed by atoms with Crippen LogP contribution in [0.3, 0.4) is 0 Å². The Morgan fingerprint density at radius 2 is 0.842 bits per heavy atom. The van der Waals surface area contributed by atoms with Crippen molar-refractivity contribution in [2.75, 3.05) is 0 Å². The van der Waals surface area contributed by atoms with Crippen molar-refractivity contribution in [1.29, 1.82) is 0 Å². The van der Waals surface area contributed by atoms with Gasteiger partial charge in [0, 0.05) is 55.0 Å². The minimum Gasteiger partial charge on any atom is -0.333 e. The van der Waals surface area contributed by atoms with Crippen molar-refractivity contribution in [2.24, 2.45) is 0 Å². The van der Waals surface area contributed by atoms with E-state index in [1.165, 1.54) is 93.7 Å². The van der Waals surface area contributed by atoms with Crippen LogP contribution in [0.15, 0.2) is 200 Å². The number of hydrogen-bond acceptors (Lipinski definition) is 0. The number of benzene rings is 8. The highest BCUT2D eigenvalue weighted by molar-refractivity contribution is 6.11. The van der Waals surface area contributed by atoms with Gasteiger partial charge in [-0.15, -0.1) is 0 Å². The maximum Gasteiger partial charge on any atom is 0.0567 e. The van der Waals surface area contributed by atoms with Gasteiger partial charge in [0.15, 0.2) is 0 Å². The topological polar surface area (TPSA) is 14.8 Å². The molecule has 0 amide bonds. The molecule has 268 valence electrons. The van der Waals surface area contributed by atoms with E-state index in [0.717, 1.165) is 12.1 Å². The maximum atomic E-state index is 2.55. The van der Waals surface area contributed by atoms with Crippen LogP contribution in [-0.2, 0) is 6.42 Å². The average Bonchev–Trinajstić information content (AvgIpc) is 3.92. The summed E-state index contributed by atoms with van der Waals surface area (Å²) in [5.74, 6) is 0. The Morgan fingerprint density at radius 3 is 1.46 bits per heavy atom. The van der Waals surface area contributed by atoms with Crippen LogP contribution in [-0.4, -0.2) is 13.7 Å². The van der Waals surface area contributed by atoms with Gasteiger partial charge in [0.1, 0.15) is 0 Å². The molecule has 1 atom stereocenters. The summed E-state index contributed by atoms with van der Waals surface area (Å²) in [7, 11) is 0. The van der Waals surface area contributed by atoms with Crippen molar-refractivity contribution in [3.05, 3.63) is 211 Å². The average molecular weight is 728 g/mol. The molecule has 11 aromatic rings. The van der Waals surface area contributed by atoms with Gasteiger partial charge in [-0.3, -0.25) is 0 Å². The monoisotopic (exact) mass is 727 g/mol. The largest absolute Gasteiger partial charge is 0.333 e. The van der Waals surface area contributed by atoms with Gasteiger partial charge in [-0.1, -0.05) is 140 Å². The first kappa shape index (κ1) is 31.9. The van der Waals surface area contributed by atoms with Crippen molar-refractivity contribution in [3.8, 4) is 33.6 Å². The molecule has 1 aliphatic carbocycles. The number of allylic oxidation sites excluding steroid dienone is 1. The summed E-state index contributed by atoms with van der Waals surface area (Å²) in [4.78, 5) is 0. The lowest BCUT2D eigenvalue weighted by atomic mass is 9.96. The number of fused-ring (bicyclic) bond motifs is 9. The molecule has 3 aromatic heterocycles. The molecule has 1 unspecified atom stereocenters. The molecule has 57 heavy (non-hydrogen) atoms. The highest BCUT2D eigenvalue weighted by Gasteiger charge is 2.26. The predicted octanol–water partition coefficient (Wildman–Crippen LogP) is 14.0. The second kappa shape index (κ2) is 12.6. The zero-order chi connectivity index (χ0) is 37.5. The molecule has 3 heterocycles. The number of aromatic nitrogens is 3.